The van der Waals surface area contributed by atoms with Crippen LogP contribution in [0.5, 0.6) is 0 Å². The molecule has 0 saturated carbocycles. The Bertz CT molecular complexity index is 224. The monoisotopic (exact) mass is 280 g/mol. The molecule has 20 heavy (non-hydrogen) atoms. The van der Waals surface area contributed by atoms with Crippen molar-refractivity contribution in [3.63, 3.8) is 0 Å². The summed E-state index contributed by atoms with van der Waals surface area (Å²) in [6.07, 6.45) is 19.6. The fourth-order valence-electron chi connectivity index (χ4n) is 2.98. The number of hydrogen-bond acceptors (Lipinski definition) is 0. The van der Waals surface area contributed by atoms with Crippen LogP contribution < -0.4 is 0 Å². The highest BCUT2D eigenvalue weighted by molar-refractivity contribution is 5.11. The highest BCUT2D eigenvalue weighted by Crippen LogP contribution is 2.21. The Kier molecular flexibility index (Phi) is 14.9. The molecule has 0 unspecified atom stereocenters. The van der Waals surface area contributed by atoms with Gasteiger partial charge in [-0.3, -0.25) is 0 Å². The van der Waals surface area contributed by atoms with E-state index in [1.807, 2.05) is 0 Å². The van der Waals surface area contributed by atoms with Gasteiger partial charge in [0.25, 0.3) is 0 Å². The summed E-state index contributed by atoms with van der Waals surface area (Å²) in [4.78, 5) is 0. The molecule has 0 aromatic rings. The Morgan fingerprint density at radius 3 is 1.50 bits per heavy atom. The van der Waals surface area contributed by atoms with Crippen LogP contribution >= 0.6 is 0 Å². The molecular formula is C20H40. The van der Waals surface area contributed by atoms with E-state index in [1.165, 1.54) is 89.9 Å². The van der Waals surface area contributed by atoms with Gasteiger partial charge in [-0.05, 0) is 39.0 Å². The SMILES string of the molecule is CCCCCCCCC(C)=C(CC)CCCCCCC. The molecule has 0 N–H and O–H groups in total. The van der Waals surface area contributed by atoms with Crippen molar-refractivity contribution in [3.05, 3.63) is 11.1 Å². The highest BCUT2D eigenvalue weighted by atomic mass is 14.1. The summed E-state index contributed by atoms with van der Waals surface area (Å²) in [5.74, 6) is 0. The van der Waals surface area contributed by atoms with Gasteiger partial charge in [-0.2, -0.15) is 0 Å². The van der Waals surface area contributed by atoms with Crippen LogP contribution in [-0.2, 0) is 0 Å². The van der Waals surface area contributed by atoms with Gasteiger partial charge in [-0.25, -0.2) is 0 Å². The molecule has 120 valence electrons. The maximum absolute atomic E-state index is 2.39. The maximum atomic E-state index is 2.39. The number of unbranched alkanes of at least 4 members (excludes halogenated alkanes) is 9. The van der Waals surface area contributed by atoms with Gasteiger partial charge < -0.3 is 0 Å². The quantitative estimate of drug-likeness (QED) is 0.225. The van der Waals surface area contributed by atoms with Crippen molar-refractivity contribution in [2.75, 3.05) is 0 Å². The molecule has 0 aliphatic carbocycles. The lowest BCUT2D eigenvalue weighted by atomic mass is 9.96. The van der Waals surface area contributed by atoms with Crippen LogP contribution in [0.4, 0.5) is 0 Å². The molecule has 0 fully saturated rings. The predicted molar refractivity (Wildman–Crippen MR) is 94.4 cm³/mol. The molecule has 0 rings (SSSR count). The first-order valence-electron chi connectivity index (χ1n) is 9.43. The summed E-state index contributed by atoms with van der Waals surface area (Å²) in [6.45, 7) is 9.31. The molecule has 0 aliphatic rings. The Morgan fingerprint density at radius 2 is 1.00 bits per heavy atom. The lowest BCUT2D eigenvalue weighted by Crippen LogP contribution is -1.91. The van der Waals surface area contributed by atoms with Crippen molar-refractivity contribution in [2.45, 2.75) is 118 Å². The minimum absolute atomic E-state index is 1.27. The fraction of sp³-hybridized carbons (Fsp3) is 0.900. The molecule has 0 saturated heterocycles. The van der Waals surface area contributed by atoms with E-state index in [4.69, 9.17) is 0 Å². The minimum atomic E-state index is 1.27. The third kappa shape index (κ3) is 11.6. The van der Waals surface area contributed by atoms with E-state index in [0.717, 1.165) is 0 Å². The van der Waals surface area contributed by atoms with Crippen molar-refractivity contribution in [2.24, 2.45) is 0 Å². The molecular weight excluding hydrogens is 240 g/mol. The number of rotatable bonds is 14. The maximum Gasteiger partial charge on any atom is -0.0318 e. The van der Waals surface area contributed by atoms with Gasteiger partial charge in [0.2, 0.25) is 0 Å². The van der Waals surface area contributed by atoms with Crippen molar-refractivity contribution in [3.8, 4) is 0 Å². The second-order valence-electron chi connectivity index (χ2n) is 6.42. The number of allylic oxidation sites excluding steroid dienone is 2. The zero-order chi connectivity index (χ0) is 15.1. The van der Waals surface area contributed by atoms with Crippen LogP contribution in [0.3, 0.4) is 0 Å². The van der Waals surface area contributed by atoms with E-state index in [2.05, 4.69) is 27.7 Å². The van der Waals surface area contributed by atoms with Crippen molar-refractivity contribution < 1.29 is 0 Å². The lowest BCUT2D eigenvalue weighted by Gasteiger charge is -2.11. The van der Waals surface area contributed by atoms with Crippen LogP contribution in [0.2, 0.25) is 0 Å². The van der Waals surface area contributed by atoms with Crippen LogP contribution in [0.15, 0.2) is 11.1 Å². The Hall–Kier alpha value is -0.260. The van der Waals surface area contributed by atoms with Crippen LogP contribution in [0.25, 0.3) is 0 Å². The summed E-state index contributed by atoms with van der Waals surface area (Å²) in [5.41, 5.74) is 3.47. The van der Waals surface area contributed by atoms with Crippen LogP contribution in [0.1, 0.15) is 118 Å². The van der Waals surface area contributed by atoms with Crippen LogP contribution in [0, 0.1) is 0 Å². The van der Waals surface area contributed by atoms with E-state index in [1.54, 1.807) is 11.1 Å². The van der Waals surface area contributed by atoms with Gasteiger partial charge >= 0.3 is 0 Å². The standard InChI is InChI=1S/C20H40/c1-5-8-10-12-14-15-17-19(4)20(7-3)18-16-13-11-9-6-2/h5-18H2,1-4H3. The van der Waals surface area contributed by atoms with E-state index in [0.29, 0.717) is 0 Å². The smallest absolute Gasteiger partial charge is 0.0318 e. The van der Waals surface area contributed by atoms with E-state index < -0.39 is 0 Å². The van der Waals surface area contributed by atoms with Gasteiger partial charge in [0.05, 0.1) is 0 Å². The lowest BCUT2D eigenvalue weighted by molar-refractivity contribution is 0.600. The largest absolute Gasteiger partial charge is 0.0741 e. The molecule has 0 atom stereocenters. The van der Waals surface area contributed by atoms with Gasteiger partial charge in [-0.1, -0.05) is 89.7 Å². The van der Waals surface area contributed by atoms with Crippen molar-refractivity contribution in [1.29, 1.82) is 0 Å². The molecule has 0 amide bonds. The van der Waals surface area contributed by atoms with Gasteiger partial charge in [0.1, 0.15) is 0 Å². The molecule has 0 heteroatoms. The summed E-state index contributed by atoms with van der Waals surface area (Å²) in [6, 6.07) is 0. The summed E-state index contributed by atoms with van der Waals surface area (Å²) in [5, 5.41) is 0. The van der Waals surface area contributed by atoms with Crippen LogP contribution in [-0.4, -0.2) is 0 Å². The summed E-state index contributed by atoms with van der Waals surface area (Å²) < 4.78 is 0. The molecule has 0 heterocycles. The highest BCUT2D eigenvalue weighted by Gasteiger charge is 2.01. The topological polar surface area (TPSA) is 0 Å². The van der Waals surface area contributed by atoms with Crippen molar-refractivity contribution in [1.82, 2.24) is 0 Å². The molecule has 0 aromatic carbocycles. The minimum Gasteiger partial charge on any atom is -0.0741 e. The molecule has 0 radical (unpaired) electrons. The fourth-order valence-corrected chi connectivity index (χ4v) is 2.98. The molecule has 0 spiro atoms. The third-order valence-corrected chi connectivity index (χ3v) is 4.52. The van der Waals surface area contributed by atoms with E-state index in [-0.39, 0.29) is 0 Å². The first-order chi connectivity index (χ1) is 9.76. The zero-order valence-electron chi connectivity index (χ0n) is 14.9. The van der Waals surface area contributed by atoms with Gasteiger partial charge in [0, 0.05) is 0 Å². The third-order valence-electron chi connectivity index (χ3n) is 4.52. The first-order valence-corrected chi connectivity index (χ1v) is 9.43. The second-order valence-corrected chi connectivity index (χ2v) is 6.42. The Balaban J connectivity index is 3.74. The van der Waals surface area contributed by atoms with Crippen molar-refractivity contribution >= 4 is 0 Å². The van der Waals surface area contributed by atoms with E-state index >= 15 is 0 Å². The zero-order valence-corrected chi connectivity index (χ0v) is 14.9. The first kappa shape index (κ1) is 19.7. The molecule has 0 aliphatic heterocycles. The summed E-state index contributed by atoms with van der Waals surface area (Å²) in [7, 11) is 0. The van der Waals surface area contributed by atoms with Gasteiger partial charge in [-0.15, -0.1) is 0 Å². The number of hydrogen-bond donors (Lipinski definition) is 0. The average Bonchev–Trinajstić information content (AvgIpc) is 2.46. The molecule has 0 bridgehead atoms. The molecule has 0 nitrogen and oxygen atoms in total. The second kappa shape index (κ2) is 15.1. The van der Waals surface area contributed by atoms with E-state index in [9.17, 15) is 0 Å². The molecule has 0 aromatic heterocycles. The Morgan fingerprint density at radius 1 is 0.550 bits per heavy atom. The Labute approximate surface area is 129 Å². The summed E-state index contributed by atoms with van der Waals surface area (Å²) >= 11 is 0. The predicted octanol–water partition coefficient (Wildman–Crippen LogP) is 7.82. The normalized spacial score (nSPS) is 12.6. The average molecular weight is 281 g/mol. The van der Waals surface area contributed by atoms with Gasteiger partial charge in [0.15, 0.2) is 0 Å².